The van der Waals surface area contributed by atoms with E-state index in [1.807, 2.05) is 36.6 Å². The van der Waals surface area contributed by atoms with E-state index in [0.717, 1.165) is 60.0 Å². The summed E-state index contributed by atoms with van der Waals surface area (Å²) in [5.41, 5.74) is 4.48. The number of amides is 1. The summed E-state index contributed by atoms with van der Waals surface area (Å²) in [6.45, 7) is 3.61. The van der Waals surface area contributed by atoms with Gasteiger partial charge in [-0.25, -0.2) is 0 Å². The first-order valence-corrected chi connectivity index (χ1v) is 13.3. The number of ether oxygens (including phenoxy) is 2. The van der Waals surface area contributed by atoms with Gasteiger partial charge in [0, 0.05) is 18.0 Å². The van der Waals surface area contributed by atoms with Gasteiger partial charge in [0.05, 0.1) is 19.8 Å². The van der Waals surface area contributed by atoms with Gasteiger partial charge < -0.3 is 14.8 Å². The first-order chi connectivity index (χ1) is 17.1. The van der Waals surface area contributed by atoms with Crippen molar-refractivity contribution in [3.8, 4) is 11.5 Å². The van der Waals surface area contributed by atoms with Crippen LogP contribution in [0.25, 0.3) is 0 Å². The zero-order valence-electron chi connectivity index (χ0n) is 20.8. The molecular formula is C29H34N2O3S. The van der Waals surface area contributed by atoms with E-state index in [0.29, 0.717) is 12.5 Å². The molecule has 5 nitrogen and oxygen atoms in total. The number of carbonyl (C=O) groups is 1. The Morgan fingerprint density at radius 2 is 1.63 bits per heavy atom. The summed E-state index contributed by atoms with van der Waals surface area (Å²) in [5, 5.41) is 3.06. The van der Waals surface area contributed by atoms with Crippen molar-refractivity contribution in [2.45, 2.75) is 36.7 Å². The Hall–Kier alpha value is -2.96. The molecule has 0 aromatic heterocycles. The van der Waals surface area contributed by atoms with E-state index < -0.39 is 0 Å². The van der Waals surface area contributed by atoms with Crippen LogP contribution in [0.1, 0.15) is 45.8 Å². The number of rotatable bonds is 9. The van der Waals surface area contributed by atoms with E-state index >= 15 is 0 Å². The Labute approximate surface area is 212 Å². The minimum Gasteiger partial charge on any atom is -0.493 e. The van der Waals surface area contributed by atoms with Gasteiger partial charge in [0.15, 0.2) is 11.5 Å². The molecule has 4 rings (SSSR count). The van der Waals surface area contributed by atoms with Crippen molar-refractivity contribution in [2.75, 3.05) is 33.6 Å². The molecule has 6 heteroatoms. The zero-order valence-corrected chi connectivity index (χ0v) is 21.6. The predicted molar refractivity (Wildman–Crippen MR) is 143 cm³/mol. The van der Waals surface area contributed by atoms with Crippen LogP contribution in [0, 0.1) is 0 Å². The van der Waals surface area contributed by atoms with Crippen LogP contribution in [0.2, 0.25) is 0 Å². The van der Waals surface area contributed by atoms with Crippen molar-refractivity contribution in [3.63, 3.8) is 0 Å². The number of likely N-dealkylation sites (tertiary alicyclic amines) is 1. The molecule has 0 bridgehead atoms. The van der Waals surface area contributed by atoms with Gasteiger partial charge in [-0.1, -0.05) is 42.5 Å². The van der Waals surface area contributed by atoms with Crippen LogP contribution in [-0.2, 0) is 13.1 Å². The number of carbonyl (C=O) groups excluding carboxylic acids is 1. The number of benzene rings is 3. The number of piperidine rings is 1. The van der Waals surface area contributed by atoms with Gasteiger partial charge in [-0.15, -0.1) is 11.8 Å². The molecule has 0 unspecified atom stereocenters. The molecule has 0 atom stereocenters. The summed E-state index contributed by atoms with van der Waals surface area (Å²) < 4.78 is 10.8. The van der Waals surface area contributed by atoms with E-state index in [4.69, 9.17) is 9.47 Å². The van der Waals surface area contributed by atoms with Crippen molar-refractivity contribution in [3.05, 3.63) is 89.0 Å². The van der Waals surface area contributed by atoms with Crippen LogP contribution >= 0.6 is 11.8 Å². The van der Waals surface area contributed by atoms with E-state index in [-0.39, 0.29) is 5.91 Å². The lowest BCUT2D eigenvalue weighted by Crippen LogP contribution is -2.32. The largest absolute Gasteiger partial charge is 0.493 e. The monoisotopic (exact) mass is 490 g/mol. The zero-order chi connectivity index (χ0) is 24.6. The third-order valence-corrected chi connectivity index (χ3v) is 7.49. The molecule has 1 N–H and O–H groups in total. The number of hydrogen-bond acceptors (Lipinski definition) is 5. The lowest BCUT2D eigenvalue weighted by Gasteiger charge is -2.32. The van der Waals surface area contributed by atoms with Gasteiger partial charge in [-0.2, -0.15) is 0 Å². The van der Waals surface area contributed by atoms with E-state index in [2.05, 4.69) is 46.6 Å². The topological polar surface area (TPSA) is 50.8 Å². The molecular weight excluding hydrogens is 456 g/mol. The van der Waals surface area contributed by atoms with Gasteiger partial charge in [0.1, 0.15) is 0 Å². The van der Waals surface area contributed by atoms with Crippen LogP contribution in [0.15, 0.2) is 71.6 Å². The highest BCUT2D eigenvalue weighted by atomic mass is 32.2. The average molecular weight is 491 g/mol. The van der Waals surface area contributed by atoms with Crippen molar-refractivity contribution in [1.82, 2.24) is 10.2 Å². The smallest absolute Gasteiger partial charge is 0.252 e. The van der Waals surface area contributed by atoms with E-state index in [1.165, 1.54) is 11.1 Å². The molecule has 0 saturated carbocycles. The molecule has 0 aliphatic carbocycles. The lowest BCUT2D eigenvalue weighted by atomic mass is 9.89. The van der Waals surface area contributed by atoms with Gasteiger partial charge in [0.25, 0.3) is 5.91 Å². The maximum absolute atomic E-state index is 12.6. The Kier molecular flexibility index (Phi) is 8.72. The molecule has 1 saturated heterocycles. The molecule has 3 aromatic rings. The quantitative estimate of drug-likeness (QED) is 0.388. The van der Waals surface area contributed by atoms with Crippen LogP contribution in [0.3, 0.4) is 0 Å². The number of nitrogens with one attached hydrogen (secondary N) is 1. The fourth-order valence-corrected chi connectivity index (χ4v) is 5.27. The summed E-state index contributed by atoms with van der Waals surface area (Å²) in [6, 6.07) is 22.6. The predicted octanol–water partition coefficient (Wildman–Crippen LogP) is 5.74. The summed E-state index contributed by atoms with van der Waals surface area (Å²) >= 11 is 1.59. The van der Waals surface area contributed by atoms with Gasteiger partial charge in [0.2, 0.25) is 0 Å². The first-order valence-electron chi connectivity index (χ1n) is 12.0. The Balaban J connectivity index is 1.27. The fourth-order valence-electron chi connectivity index (χ4n) is 4.68. The summed E-state index contributed by atoms with van der Waals surface area (Å²) in [5.74, 6) is 2.10. The minimum atomic E-state index is -0.0270. The van der Waals surface area contributed by atoms with Crippen molar-refractivity contribution in [2.24, 2.45) is 0 Å². The third-order valence-electron chi connectivity index (χ3n) is 6.70. The second kappa shape index (κ2) is 12.1. The molecule has 0 spiro atoms. The number of thioether (sulfide) groups is 1. The van der Waals surface area contributed by atoms with Crippen molar-refractivity contribution in [1.29, 1.82) is 0 Å². The highest BCUT2D eigenvalue weighted by molar-refractivity contribution is 7.98. The molecule has 1 aliphatic rings. The molecule has 184 valence electrons. The Morgan fingerprint density at radius 3 is 2.31 bits per heavy atom. The molecule has 1 amide bonds. The van der Waals surface area contributed by atoms with Crippen molar-refractivity contribution >= 4 is 17.7 Å². The first kappa shape index (κ1) is 25.1. The lowest BCUT2D eigenvalue weighted by molar-refractivity contribution is 0.0948. The van der Waals surface area contributed by atoms with Gasteiger partial charge >= 0.3 is 0 Å². The summed E-state index contributed by atoms with van der Waals surface area (Å²) in [6.07, 6.45) is 4.29. The molecule has 35 heavy (non-hydrogen) atoms. The second-order valence-corrected chi connectivity index (χ2v) is 9.71. The molecule has 3 aromatic carbocycles. The number of hydrogen-bond donors (Lipinski definition) is 1. The normalized spacial score (nSPS) is 14.5. The standard InChI is InChI=1S/C29H34N2O3S/c1-33-26-13-10-22(18-27(26)34-2)20-31-16-14-24(15-17-31)23-11-8-21(9-12-23)19-30-29(32)25-6-4-5-7-28(25)35-3/h4-13,18,24H,14-17,19-20H2,1-3H3,(H,30,32). The van der Waals surface area contributed by atoms with Crippen LogP contribution in [0.4, 0.5) is 0 Å². The fraction of sp³-hybridized carbons (Fsp3) is 0.345. The van der Waals surface area contributed by atoms with Crippen LogP contribution < -0.4 is 14.8 Å². The van der Waals surface area contributed by atoms with Crippen LogP contribution in [0.5, 0.6) is 11.5 Å². The second-order valence-electron chi connectivity index (χ2n) is 8.86. The highest BCUT2D eigenvalue weighted by Crippen LogP contribution is 2.31. The number of nitrogens with zero attached hydrogens (tertiary/aromatic N) is 1. The summed E-state index contributed by atoms with van der Waals surface area (Å²) in [4.78, 5) is 16.1. The van der Waals surface area contributed by atoms with E-state index in [9.17, 15) is 4.79 Å². The maximum Gasteiger partial charge on any atom is 0.252 e. The Bertz CT molecular complexity index is 1130. The summed E-state index contributed by atoms with van der Waals surface area (Å²) in [7, 11) is 3.34. The molecule has 0 radical (unpaired) electrons. The Morgan fingerprint density at radius 1 is 0.943 bits per heavy atom. The molecule has 1 aliphatic heterocycles. The SMILES string of the molecule is COc1ccc(CN2CCC(c3ccc(CNC(=O)c4ccccc4SC)cc3)CC2)cc1OC. The van der Waals surface area contributed by atoms with Crippen LogP contribution in [-0.4, -0.2) is 44.4 Å². The van der Waals surface area contributed by atoms with Gasteiger partial charge in [-0.3, -0.25) is 9.69 Å². The van der Waals surface area contributed by atoms with E-state index in [1.54, 1.807) is 26.0 Å². The third kappa shape index (κ3) is 6.38. The maximum atomic E-state index is 12.6. The number of methoxy groups -OCH3 is 2. The molecule has 1 fully saturated rings. The highest BCUT2D eigenvalue weighted by Gasteiger charge is 2.21. The van der Waals surface area contributed by atoms with Gasteiger partial charge in [-0.05, 0) is 79.1 Å². The minimum absolute atomic E-state index is 0.0270. The van der Waals surface area contributed by atoms with Crippen molar-refractivity contribution < 1.29 is 14.3 Å². The average Bonchev–Trinajstić information content (AvgIpc) is 2.92. The molecule has 1 heterocycles.